The maximum atomic E-state index is 12.1. The number of nitrogens with one attached hydrogen (secondary N) is 1. The molecule has 1 amide bonds. The summed E-state index contributed by atoms with van der Waals surface area (Å²) in [4.78, 5) is 14.5. The smallest absolute Gasteiger partial charge is 0.234 e. The van der Waals surface area contributed by atoms with Gasteiger partial charge >= 0.3 is 0 Å². The van der Waals surface area contributed by atoms with Gasteiger partial charge in [-0.15, -0.1) is 0 Å². The number of carbonyl (C=O) groups excluding carboxylic acids is 1. The van der Waals surface area contributed by atoms with Crippen LogP contribution in [-0.4, -0.2) is 35.5 Å². The van der Waals surface area contributed by atoms with Crippen LogP contribution < -0.4 is 5.32 Å². The Balaban J connectivity index is 1.50. The maximum Gasteiger partial charge on any atom is 0.234 e. The molecule has 3 heteroatoms. The lowest BCUT2D eigenvalue weighted by molar-refractivity contribution is -0.123. The normalized spacial score (nSPS) is 32.7. The Morgan fingerprint density at radius 2 is 2.00 bits per heavy atom. The van der Waals surface area contributed by atoms with Gasteiger partial charge in [-0.1, -0.05) is 31.4 Å². The Bertz CT molecular complexity index is 333. The van der Waals surface area contributed by atoms with Crippen LogP contribution in [0, 0.1) is 0 Å². The number of hydrogen-bond donors (Lipinski definition) is 1. The highest BCUT2D eigenvalue weighted by atomic mass is 16.2. The summed E-state index contributed by atoms with van der Waals surface area (Å²) in [5, 5.41) is 3.23. The third-order valence-corrected chi connectivity index (χ3v) is 4.75. The second kappa shape index (κ2) is 5.43. The summed E-state index contributed by atoms with van der Waals surface area (Å²) in [6.45, 7) is 0.607. The third kappa shape index (κ3) is 2.61. The molecule has 3 aliphatic rings. The SMILES string of the molecule is O=C(CN1C2C=CCC1CC2)NC1CCCCC1. The minimum atomic E-state index is 0.245. The molecule has 100 valence electrons. The summed E-state index contributed by atoms with van der Waals surface area (Å²) in [6, 6.07) is 1.60. The molecule has 0 spiro atoms. The lowest BCUT2D eigenvalue weighted by atomic mass is 9.95. The number of fused-ring (bicyclic) bond motifs is 2. The highest BCUT2D eigenvalue weighted by Crippen LogP contribution is 2.30. The Morgan fingerprint density at radius 1 is 1.17 bits per heavy atom. The monoisotopic (exact) mass is 248 g/mol. The van der Waals surface area contributed by atoms with Crippen LogP contribution in [-0.2, 0) is 4.79 Å². The molecule has 3 rings (SSSR count). The average molecular weight is 248 g/mol. The van der Waals surface area contributed by atoms with Gasteiger partial charge in [0.1, 0.15) is 0 Å². The number of rotatable bonds is 3. The second-order valence-corrected chi connectivity index (χ2v) is 6.04. The first-order valence-electron chi connectivity index (χ1n) is 7.55. The molecule has 0 aromatic carbocycles. The number of nitrogens with zero attached hydrogens (tertiary/aromatic N) is 1. The van der Waals surface area contributed by atoms with E-state index in [4.69, 9.17) is 0 Å². The summed E-state index contributed by atoms with van der Waals surface area (Å²) in [5.74, 6) is 0.245. The first-order valence-corrected chi connectivity index (χ1v) is 7.55. The number of hydrogen-bond acceptors (Lipinski definition) is 2. The van der Waals surface area contributed by atoms with Gasteiger partial charge in [0.15, 0.2) is 0 Å². The van der Waals surface area contributed by atoms with Crippen molar-refractivity contribution < 1.29 is 4.79 Å². The highest BCUT2D eigenvalue weighted by molar-refractivity contribution is 5.78. The van der Waals surface area contributed by atoms with Gasteiger partial charge in [0.25, 0.3) is 0 Å². The zero-order valence-electron chi connectivity index (χ0n) is 11.1. The van der Waals surface area contributed by atoms with Gasteiger partial charge < -0.3 is 5.32 Å². The van der Waals surface area contributed by atoms with Gasteiger partial charge in [-0.25, -0.2) is 0 Å². The second-order valence-electron chi connectivity index (χ2n) is 6.04. The molecule has 1 N–H and O–H groups in total. The van der Waals surface area contributed by atoms with E-state index in [1.807, 2.05) is 0 Å². The fourth-order valence-electron chi connectivity index (χ4n) is 3.75. The molecule has 2 atom stereocenters. The molecule has 2 fully saturated rings. The van der Waals surface area contributed by atoms with E-state index in [9.17, 15) is 4.79 Å². The Morgan fingerprint density at radius 3 is 2.78 bits per heavy atom. The number of carbonyl (C=O) groups is 1. The van der Waals surface area contributed by atoms with Crippen molar-refractivity contribution in [1.29, 1.82) is 0 Å². The Kier molecular flexibility index (Phi) is 3.69. The van der Waals surface area contributed by atoms with Gasteiger partial charge in [-0.2, -0.15) is 0 Å². The van der Waals surface area contributed by atoms with Crippen LogP contribution in [0.5, 0.6) is 0 Å². The summed E-state index contributed by atoms with van der Waals surface area (Å²) < 4.78 is 0. The molecule has 2 bridgehead atoms. The van der Waals surface area contributed by atoms with E-state index >= 15 is 0 Å². The zero-order valence-corrected chi connectivity index (χ0v) is 11.1. The van der Waals surface area contributed by atoms with E-state index < -0.39 is 0 Å². The van der Waals surface area contributed by atoms with Crippen molar-refractivity contribution in [3.05, 3.63) is 12.2 Å². The fraction of sp³-hybridized carbons (Fsp3) is 0.800. The summed E-state index contributed by atoms with van der Waals surface area (Å²) in [6.07, 6.45) is 14.5. The molecule has 0 radical (unpaired) electrons. The zero-order chi connectivity index (χ0) is 12.4. The first kappa shape index (κ1) is 12.2. The van der Waals surface area contributed by atoms with E-state index in [0.717, 1.165) is 6.42 Å². The van der Waals surface area contributed by atoms with E-state index in [-0.39, 0.29) is 5.91 Å². The largest absolute Gasteiger partial charge is 0.352 e. The third-order valence-electron chi connectivity index (χ3n) is 4.75. The summed E-state index contributed by atoms with van der Waals surface area (Å²) >= 11 is 0. The molecule has 1 aliphatic carbocycles. The minimum absolute atomic E-state index is 0.245. The van der Waals surface area contributed by atoms with Gasteiger partial charge in [0.05, 0.1) is 6.54 Å². The maximum absolute atomic E-state index is 12.1. The fourth-order valence-corrected chi connectivity index (χ4v) is 3.75. The quantitative estimate of drug-likeness (QED) is 0.777. The van der Waals surface area contributed by atoms with Crippen molar-refractivity contribution in [1.82, 2.24) is 10.2 Å². The van der Waals surface area contributed by atoms with Crippen molar-refractivity contribution in [2.75, 3.05) is 6.54 Å². The minimum Gasteiger partial charge on any atom is -0.352 e. The Labute approximate surface area is 110 Å². The van der Waals surface area contributed by atoms with E-state index in [0.29, 0.717) is 24.7 Å². The summed E-state index contributed by atoms with van der Waals surface area (Å²) in [5.41, 5.74) is 0. The van der Waals surface area contributed by atoms with Crippen molar-refractivity contribution in [2.45, 2.75) is 69.5 Å². The topological polar surface area (TPSA) is 32.3 Å². The van der Waals surface area contributed by atoms with E-state index in [1.165, 1.54) is 44.9 Å². The van der Waals surface area contributed by atoms with Crippen molar-refractivity contribution in [2.24, 2.45) is 0 Å². The van der Waals surface area contributed by atoms with Gasteiger partial charge in [0, 0.05) is 18.1 Å². The first-order chi connectivity index (χ1) is 8.83. The van der Waals surface area contributed by atoms with Crippen molar-refractivity contribution in [3.63, 3.8) is 0 Å². The lowest BCUT2D eigenvalue weighted by Crippen LogP contribution is -2.47. The molecule has 0 aromatic heterocycles. The molecule has 1 saturated carbocycles. The van der Waals surface area contributed by atoms with Crippen molar-refractivity contribution in [3.8, 4) is 0 Å². The van der Waals surface area contributed by atoms with Crippen LogP contribution in [0.25, 0.3) is 0 Å². The molecule has 2 unspecified atom stereocenters. The highest BCUT2D eigenvalue weighted by Gasteiger charge is 2.34. The van der Waals surface area contributed by atoms with Crippen LogP contribution in [0.3, 0.4) is 0 Å². The lowest BCUT2D eigenvalue weighted by Gasteiger charge is -2.31. The average Bonchev–Trinajstić information content (AvgIpc) is 2.62. The molecule has 18 heavy (non-hydrogen) atoms. The van der Waals surface area contributed by atoms with E-state index in [1.54, 1.807) is 0 Å². The van der Waals surface area contributed by atoms with Crippen LogP contribution in [0.1, 0.15) is 51.4 Å². The molecule has 2 heterocycles. The predicted molar refractivity (Wildman–Crippen MR) is 72.3 cm³/mol. The summed E-state index contributed by atoms with van der Waals surface area (Å²) in [7, 11) is 0. The van der Waals surface area contributed by atoms with Crippen LogP contribution >= 0.6 is 0 Å². The standard InChI is InChI=1S/C15H24N2O/c18-15(16-12-5-2-1-3-6-12)11-17-13-7-4-8-14(17)10-9-13/h4,7,12-14H,1-3,5-6,8-11H2,(H,16,18). The van der Waals surface area contributed by atoms with Gasteiger partial charge in [0.2, 0.25) is 5.91 Å². The van der Waals surface area contributed by atoms with E-state index in [2.05, 4.69) is 22.4 Å². The van der Waals surface area contributed by atoms with Crippen LogP contribution in [0.4, 0.5) is 0 Å². The predicted octanol–water partition coefficient (Wildman–Crippen LogP) is 2.23. The molecule has 1 saturated heterocycles. The van der Waals surface area contributed by atoms with Crippen LogP contribution in [0.15, 0.2) is 12.2 Å². The molecule has 0 aromatic rings. The number of amides is 1. The Hall–Kier alpha value is -0.830. The molecular weight excluding hydrogens is 224 g/mol. The molecular formula is C15H24N2O. The van der Waals surface area contributed by atoms with Crippen LogP contribution in [0.2, 0.25) is 0 Å². The molecule has 2 aliphatic heterocycles. The van der Waals surface area contributed by atoms with Gasteiger partial charge in [-0.3, -0.25) is 9.69 Å². The van der Waals surface area contributed by atoms with Gasteiger partial charge in [-0.05, 0) is 32.1 Å². The van der Waals surface area contributed by atoms with Crippen molar-refractivity contribution >= 4 is 5.91 Å². The molecule has 3 nitrogen and oxygen atoms in total.